The molecule has 106 valence electrons. The minimum Gasteiger partial charge on any atom is -0.350 e. The van der Waals surface area contributed by atoms with E-state index in [0.717, 1.165) is 11.6 Å². The van der Waals surface area contributed by atoms with Gasteiger partial charge in [-0.3, -0.25) is 0 Å². The standard InChI is InChI=1S/C15H15F3NP/c1-9-4-6-12(11(17)8-9)19-15-13(20(2)3)7-5-10(16)14(15)18/h4-8,19H,1-3H3. The first-order valence-corrected chi connectivity index (χ1v) is 8.32. The Hall–Kier alpha value is -1.54. The molecule has 1 N–H and O–H groups in total. The van der Waals surface area contributed by atoms with Crippen LogP contribution in [0, 0.1) is 24.4 Å². The molecule has 0 saturated heterocycles. The highest BCUT2D eigenvalue weighted by Crippen LogP contribution is 2.32. The number of aryl methyl sites for hydroxylation is 1. The maximum Gasteiger partial charge on any atom is 0.182 e. The number of benzene rings is 2. The summed E-state index contributed by atoms with van der Waals surface area (Å²) < 4.78 is 41.2. The number of hydrogen-bond donors (Lipinski definition) is 1. The number of nitrogens with one attached hydrogen (secondary N) is 1. The monoisotopic (exact) mass is 297 g/mol. The Morgan fingerprint density at radius 2 is 1.65 bits per heavy atom. The van der Waals surface area contributed by atoms with E-state index in [1.165, 1.54) is 12.1 Å². The van der Waals surface area contributed by atoms with E-state index >= 15 is 0 Å². The van der Waals surface area contributed by atoms with Crippen molar-refractivity contribution in [2.45, 2.75) is 6.92 Å². The molecule has 0 aliphatic heterocycles. The van der Waals surface area contributed by atoms with Gasteiger partial charge in [-0.1, -0.05) is 14.0 Å². The molecule has 0 unspecified atom stereocenters. The van der Waals surface area contributed by atoms with Crippen molar-refractivity contribution in [2.75, 3.05) is 18.6 Å². The lowest BCUT2D eigenvalue weighted by Gasteiger charge is -2.16. The van der Waals surface area contributed by atoms with Crippen molar-refractivity contribution >= 4 is 24.6 Å². The zero-order valence-electron chi connectivity index (χ0n) is 11.5. The summed E-state index contributed by atoms with van der Waals surface area (Å²) >= 11 is 0. The highest BCUT2D eigenvalue weighted by molar-refractivity contribution is 7.64. The van der Waals surface area contributed by atoms with E-state index in [9.17, 15) is 13.2 Å². The summed E-state index contributed by atoms with van der Waals surface area (Å²) in [5.74, 6) is -2.41. The van der Waals surface area contributed by atoms with E-state index in [1.807, 2.05) is 13.3 Å². The molecule has 0 atom stereocenters. The molecule has 0 aliphatic carbocycles. The molecule has 0 aliphatic rings. The topological polar surface area (TPSA) is 12.0 Å². The lowest BCUT2D eigenvalue weighted by atomic mass is 10.2. The molecule has 0 bridgehead atoms. The first-order valence-electron chi connectivity index (χ1n) is 6.08. The van der Waals surface area contributed by atoms with Crippen LogP contribution >= 0.6 is 7.92 Å². The third-order valence-electron chi connectivity index (χ3n) is 2.94. The Morgan fingerprint density at radius 1 is 0.950 bits per heavy atom. The van der Waals surface area contributed by atoms with E-state index < -0.39 is 25.4 Å². The fourth-order valence-electron chi connectivity index (χ4n) is 1.89. The highest BCUT2D eigenvalue weighted by Gasteiger charge is 2.17. The lowest BCUT2D eigenvalue weighted by molar-refractivity contribution is 0.512. The lowest BCUT2D eigenvalue weighted by Crippen LogP contribution is -2.12. The van der Waals surface area contributed by atoms with Crippen LogP contribution in [0.25, 0.3) is 0 Å². The summed E-state index contributed by atoms with van der Waals surface area (Å²) in [5, 5.41) is 3.35. The SMILES string of the molecule is Cc1ccc(Nc2c(P(C)C)ccc(F)c2F)c(F)c1. The predicted octanol–water partition coefficient (Wildman–Crippen LogP) is 4.52. The van der Waals surface area contributed by atoms with Crippen LogP contribution in [0.15, 0.2) is 30.3 Å². The molecule has 0 heterocycles. The van der Waals surface area contributed by atoms with Gasteiger partial charge in [0.15, 0.2) is 11.6 Å². The van der Waals surface area contributed by atoms with Gasteiger partial charge < -0.3 is 5.32 Å². The number of hydrogen-bond acceptors (Lipinski definition) is 1. The molecular formula is C15H15F3NP. The maximum atomic E-state index is 14.0. The van der Waals surface area contributed by atoms with Gasteiger partial charge in [0.1, 0.15) is 5.82 Å². The van der Waals surface area contributed by atoms with Gasteiger partial charge in [-0.25, -0.2) is 13.2 Å². The number of halogens is 3. The van der Waals surface area contributed by atoms with Crippen LogP contribution in [0.1, 0.15) is 5.56 Å². The minimum atomic E-state index is -0.973. The number of rotatable bonds is 3. The second-order valence-electron chi connectivity index (χ2n) is 4.76. The first-order chi connectivity index (χ1) is 9.40. The summed E-state index contributed by atoms with van der Waals surface area (Å²) in [6.07, 6.45) is 0. The molecule has 0 radical (unpaired) electrons. The van der Waals surface area contributed by atoms with Gasteiger partial charge in [-0.2, -0.15) is 0 Å². The van der Waals surface area contributed by atoms with E-state index in [2.05, 4.69) is 5.32 Å². The van der Waals surface area contributed by atoms with Crippen LogP contribution in [0.4, 0.5) is 24.5 Å². The van der Waals surface area contributed by atoms with Crippen molar-refractivity contribution in [3.8, 4) is 0 Å². The quantitative estimate of drug-likeness (QED) is 0.821. The van der Waals surface area contributed by atoms with Crippen LogP contribution in [0.5, 0.6) is 0 Å². The second-order valence-corrected chi connectivity index (χ2v) is 7.03. The van der Waals surface area contributed by atoms with Crippen LogP contribution in [-0.2, 0) is 0 Å². The summed E-state index contributed by atoms with van der Waals surface area (Å²) in [6, 6.07) is 7.22. The molecule has 2 aromatic carbocycles. The van der Waals surface area contributed by atoms with E-state index in [1.54, 1.807) is 19.1 Å². The van der Waals surface area contributed by atoms with Gasteiger partial charge in [0.2, 0.25) is 0 Å². The largest absolute Gasteiger partial charge is 0.350 e. The molecule has 0 amide bonds. The average Bonchev–Trinajstić information content (AvgIpc) is 2.37. The molecule has 0 fully saturated rings. The van der Waals surface area contributed by atoms with Crippen molar-refractivity contribution < 1.29 is 13.2 Å². The van der Waals surface area contributed by atoms with E-state index in [4.69, 9.17) is 0 Å². The van der Waals surface area contributed by atoms with Crippen molar-refractivity contribution in [3.05, 3.63) is 53.3 Å². The molecule has 2 aromatic rings. The average molecular weight is 297 g/mol. The van der Waals surface area contributed by atoms with Crippen LogP contribution in [-0.4, -0.2) is 13.3 Å². The molecule has 0 spiro atoms. The van der Waals surface area contributed by atoms with Crippen molar-refractivity contribution in [2.24, 2.45) is 0 Å². The van der Waals surface area contributed by atoms with Crippen molar-refractivity contribution in [3.63, 3.8) is 0 Å². The Labute approximate surface area is 117 Å². The summed E-state index contributed by atoms with van der Waals surface area (Å²) in [6.45, 7) is 5.62. The molecule has 5 heteroatoms. The number of anilines is 2. The van der Waals surface area contributed by atoms with Crippen molar-refractivity contribution in [1.82, 2.24) is 0 Å². The molecule has 2 rings (SSSR count). The Morgan fingerprint density at radius 3 is 2.25 bits per heavy atom. The fourth-order valence-corrected chi connectivity index (χ4v) is 2.86. The Balaban J connectivity index is 2.49. The zero-order valence-corrected chi connectivity index (χ0v) is 12.4. The molecular weight excluding hydrogens is 282 g/mol. The third kappa shape index (κ3) is 2.96. The third-order valence-corrected chi connectivity index (χ3v) is 4.28. The molecule has 20 heavy (non-hydrogen) atoms. The second kappa shape index (κ2) is 5.84. The minimum absolute atomic E-state index is 0.0175. The predicted molar refractivity (Wildman–Crippen MR) is 79.2 cm³/mol. The first kappa shape index (κ1) is 14.9. The van der Waals surface area contributed by atoms with Crippen LogP contribution < -0.4 is 10.6 Å². The van der Waals surface area contributed by atoms with E-state index in [0.29, 0.717) is 5.30 Å². The molecule has 0 aromatic heterocycles. The highest BCUT2D eigenvalue weighted by atomic mass is 31.1. The fraction of sp³-hybridized carbons (Fsp3) is 0.200. The van der Waals surface area contributed by atoms with Gasteiger partial charge in [0.05, 0.1) is 11.4 Å². The normalized spacial score (nSPS) is 10.9. The van der Waals surface area contributed by atoms with Gasteiger partial charge in [-0.05, 0) is 50.1 Å². The Kier molecular flexibility index (Phi) is 4.34. The smallest absolute Gasteiger partial charge is 0.182 e. The Bertz CT molecular complexity index is 641. The van der Waals surface area contributed by atoms with Gasteiger partial charge >= 0.3 is 0 Å². The maximum absolute atomic E-state index is 14.0. The summed E-state index contributed by atoms with van der Waals surface area (Å²) in [4.78, 5) is 0. The van der Waals surface area contributed by atoms with Gasteiger partial charge in [0.25, 0.3) is 0 Å². The summed E-state index contributed by atoms with van der Waals surface area (Å²) in [7, 11) is -0.649. The van der Waals surface area contributed by atoms with Gasteiger partial charge in [0, 0.05) is 5.30 Å². The van der Waals surface area contributed by atoms with Crippen molar-refractivity contribution in [1.29, 1.82) is 0 Å². The molecule has 0 saturated carbocycles. The molecule has 1 nitrogen and oxygen atoms in total. The zero-order chi connectivity index (χ0) is 14.9. The summed E-state index contributed by atoms with van der Waals surface area (Å²) in [5.41, 5.74) is 0.920. The van der Waals surface area contributed by atoms with Crippen LogP contribution in [0.3, 0.4) is 0 Å². The van der Waals surface area contributed by atoms with Gasteiger partial charge in [-0.15, -0.1) is 0 Å². The van der Waals surface area contributed by atoms with E-state index in [-0.39, 0.29) is 11.4 Å². The van der Waals surface area contributed by atoms with Crippen LogP contribution in [0.2, 0.25) is 0 Å².